The third-order valence-corrected chi connectivity index (χ3v) is 12.8. The molecule has 51 heavy (non-hydrogen) atoms. The van der Waals surface area contributed by atoms with Gasteiger partial charge in [0.1, 0.15) is 17.8 Å². The summed E-state index contributed by atoms with van der Waals surface area (Å²) in [6.45, 7) is 23.2. The third-order valence-electron chi connectivity index (χ3n) is 12.8. The lowest BCUT2D eigenvalue weighted by molar-refractivity contribution is -0.481. The number of hydrogen-bond donors (Lipinski definition) is 5. The van der Waals surface area contributed by atoms with Crippen molar-refractivity contribution >= 4 is 0 Å². The molecule has 20 atom stereocenters. The standard InChI is InChI=1S/C38H69NO12/c1-14-26-37(12,42)33-21(6)29-19(4)16-36(11,50-29)32(48-34-28(40)25(39-18(2)3)15-20(5)45-34)22(7)30(23(8)38(43,49-26)51-33)47-27-17-35(10,44-13)31(41)24(9)46-27/h18-34,39-43H,14-17H2,1-13H3/t19-,20?,21-,22-,23+,24?,25?,26+,27-,28?,29?,30-,31-,32+,33+,34-,35?,36?,37+,38-/m0/s1. The first-order valence-corrected chi connectivity index (χ1v) is 19.4. The molecule has 0 aromatic rings. The van der Waals surface area contributed by atoms with Crippen molar-refractivity contribution in [1.82, 2.24) is 5.32 Å². The van der Waals surface area contributed by atoms with E-state index in [2.05, 4.69) is 12.2 Å². The van der Waals surface area contributed by atoms with Gasteiger partial charge in [-0.2, -0.15) is 0 Å². The zero-order valence-electron chi connectivity index (χ0n) is 33.2. The average molecular weight is 732 g/mol. The lowest BCUT2D eigenvalue weighted by atomic mass is 9.74. The second-order valence-corrected chi connectivity index (χ2v) is 17.6. The fourth-order valence-electron chi connectivity index (χ4n) is 9.97. The zero-order chi connectivity index (χ0) is 38.0. The summed E-state index contributed by atoms with van der Waals surface area (Å²) < 4.78 is 52.3. The normalized spacial score (nSPS) is 55.4. The van der Waals surface area contributed by atoms with E-state index in [1.54, 1.807) is 21.0 Å². The number of aliphatic hydroxyl groups excluding tert-OH is 2. The first kappa shape index (κ1) is 41.6. The number of fused-ring (bicyclic) bond motifs is 4. The van der Waals surface area contributed by atoms with Crippen LogP contribution in [-0.2, 0) is 37.9 Å². The van der Waals surface area contributed by atoms with Crippen LogP contribution >= 0.6 is 0 Å². The molecule has 0 amide bonds. The molecule has 0 aliphatic carbocycles. The number of aliphatic hydroxyl groups is 4. The molecule has 5 aliphatic heterocycles. The predicted octanol–water partition coefficient (Wildman–Crippen LogP) is 3.22. The van der Waals surface area contributed by atoms with Crippen LogP contribution in [0.25, 0.3) is 0 Å². The second-order valence-electron chi connectivity index (χ2n) is 17.6. The first-order valence-electron chi connectivity index (χ1n) is 19.4. The Kier molecular flexibility index (Phi) is 12.4. The number of rotatable bonds is 8. The zero-order valence-corrected chi connectivity index (χ0v) is 33.2. The Hall–Kier alpha value is -0.520. The highest BCUT2D eigenvalue weighted by atomic mass is 16.8. The average Bonchev–Trinajstić information content (AvgIpc) is 3.36. The topological polar surface area (TPSA) is 167 Å². The number of methoxy groups -OCH3 is 1. The summed E-state index contributed by atoms with van der Waals surface area (Å²) >= 11 is 0. The molecule has 13 heteroatoms. The van der Waals surface area contributed by atoms with Gasteiger partial charge in [-0.25, -0.2) is 0 Å². The summed E-state index contributed by atoms with van der Waals surface area (Å²) in [4.78, 5) is 0. The van der Waals surface area contributed by atoms with Gasteiger partial charge in [0.05, 0.1) is 59.8 Å². The van der Waals surface area contributed by atoms with Gasteiger partial charge in [-0.05, 0) is 59.8 Å². The maximum Gasteiger partial charge on any atom is 0.286 e. The smallest absolute Gasteiger partial charge is 0.286 e. The molecule has 5 N–H and O–H groups in total. The highest BCUT2D eigenvalue weighted by molar-refractivity contribution is 5.07. The largest absolute Gasteiger partial charge is 0.387 e. The molecule has 0 spiro atoms. The predicted molar refractivity (Wildman–Crippen MR) is 187 cm³/mol. The van der Waals surface area contributed by atoms with Crippen molar-refractivity contribution in [2.45, 2.75) is 211 Å². The Morgan fingerprint density at radius 3 is 2.16 bits per heavy atom. The van der Waals surface area contributed by atoms with E-state index in [-0.39, 0.29) is 42.5 Å². The molecule has 5 heterocycles. The minimum Gasteiger partial charge on any atom is -0.387 e. The van der Waals surface area contributed by atoms with E-state index in [9.17, 15) is 20.4 Å². The van der Waals surface area contributed by atoms with Crippen LogP contribution in [0.4, 0.5) is 0 Å². The van der Waals surface area contributed by atoms with E-state index in [0.29, 0.717) is 19.3 Å². The van der Waals surface area contributed by atoms with Gasteiger partial charge in [0.15, 0.2) is 12.6 Å². The molecule has 0 radical (unpaired) electrons. The van der Waals surface area contributed by atoms with Gasteiger partial charge in [0, 0.05) is 37.5 Å². The Morgan fingerprint density at radius 1 is 0.882 bits per heavy atom. The number of ether oxygens (including phenoxy) is 8. The van der Waals surface area contributed by atoms with Gasteiger partial charge in [-0.1, -0.05) is 48.5 Å². The van der Waals surface area contributed by atoms with Crippen molar-refractivity contribution in [3.05, 3.63) is 0 Å². The van der Waals surface area contributed by atoms with Crippen molar-refractivity contribution in [2.24, 2.45) is 23.7 Å². The molecule has 0 saturated carbocycles. The minimum absolute atomic E-state index is 0.0211. The van der Waals surface area contributed by atoms with Crippen LogP contribution in [0.3, 0.4) is 0 Å². The second kappa shape index (κ2) is 15.2. The third kappa shape index (κ3) is 7.81. The highest BCUT2D eigenvalue weighted by Gasteiger charge is 2.64. The molecular weight excluding hydrogens is 662 g/mol. The summed E-state index contributed by atoms with van der Waals surface area (Å²) in [6, 6.07) is -0.111. The number of hydrogen-bond acceptors (Lipinski definition) is 13. The van der Waals surface area contributed by atoms with Crippen molar-refractivity contribution in [2.75, 3.05) is 7.11 Å². The number of nitrogens with one attached hydrogen (secondary N) is 1. The van der Waals surface area contributed by atoms with Crippen LogP contribution in [0.1, 0.15) is 109 Å². The van der Waals surface area contributed by atoms with Gasteiger partial charge in [0.2, 0.25) is 0 Å². The molecule has 13 nitrogen and oxygen atoms in total. The molecule has 0 aromatic heterocycles. The maximum absolute atomic E-state index is 12.5. The molecular formula is C38H69NO12. The maximum atomic E-state index is 12.5. The van der Waals surface area contributed by atoms with E-state index in [0.717, 1.165) is 0 Å². The molecule has 0 aromatic carbocycles. The van der Waals surface area contributed by atoms with Crippen LogP contribution in [0.15, 0.2) is 0 Å². The van der Waals surface area contributed by atoms with Crippen molar-refractivity contribution in [1.29, 1.82) is 0 Å². The fraction of sp³-hybridized carbons (Fsp3) is 1.00. The molecule has 7 unspecified atom stereocenters. The SMILES string of the molecule is CC[C@H]1O[C@]2(O)O[C@H]([C@@H](C)C3OC(C)(C[C@@H]3C)[C@H](O[C@@H]3OC(C)CC(NC(C)C)C3O)[C@@H](C)[C@H](O[C@H]3CC(C)(OC)[C@@H](O)C(C)O3)[C@H]2C)[C@]1(C)O. The van der Waals surface area contributed by atoms with E-state index >= 15 is 0 Å². The molecule has 4 bridgehead atoms. The molecule has 5 saturated heterocycles. The Balaban J connectivity index is 1.61. The molecule has 5 aliphatic rings. The van der Waals surface area contributed by atoms with Crippen LogP contribution in [0.5, 0.6) is 0 Å². The van der Waals surface area contributed by atoms with Crippen molar-refractivity contribution < 1.29 is 58.3 Å². The van der Waals surface area contributed by atoms with Crippen molar-refractivity contribution in [3.8, 4) is 0 Å². The fourth-order valence-corrected chi connectivity index (χ4v) is 9.97. The monoisotopic (exact) mass is 731 g/mol. The lowest BCUT2D eigenvalue weighted by Gasteiger charge is -2.55. The summed E-state index contributed by atoms with van der Waals surface area (Å²) in [5, 5.41) is 50.6. The van der Waals surface area contributed by atoms with Crippen LogP contribution in [0.2, 0.25) is 0 Å². The Labute approximate surface area is 305 Å². The minimum atomic E-state index is -2.18. The first-order chi connectivity index (χ1) is 23.6. The lowest BCUT2D eigenvalue weighted by Crippen LogP contribution is -2.69. The Bertz CT molecular complexity index is 1180. The summed E-state index contributed by atoms with van der Waals surface area (Å²) in [5.41, 5.74) is -3.31. The summed E-state index contributed by atoms with van der Waals surface area (Å²) in [5.74, 6) is -3.91. The van der Waals surface area contributed by atoms with Gasteiger partial charge >= 0.3 is 0 Å². The van der Waals surface area contributed by atoms with Crippen molar-refractivity contribution in [3.63, 3.8) is 0 Å². The van der Waals surface area contributed by atoms with Crippen LogP contribution < -0.4 is 5.32 Å². The molecule has 5 fully saturated rings. The van der Waals surface area contributed by atoms with Gasteiger partial charge in [0.25, 0.3) is 5.97 Å². The summed E-state index contributed by atoms with van der Waals surface area (Å²) in [6.07, 6.45) is -6.18. The van der Waals surface area contributed by atoms with E-state index in [4.69, 9.17) is 37.9 Å². The molecule has 298 valence electrons. The highest BCUT2D eigenvalue weighted by Crippen LogP contribution is 2.52. The molecule has 5 rings (SSSR count). The van der Waals surface area contributed by atoms with Gasteiger partial charge in [-0.15, -0.1) is 0 Å². The van der Waals surface area contributed by atoms with Gasteiger partial charge in [-0.3, -0.25) is 0 Å². The van der Waals surface area contributed by atoms with E-state index in [1.165, 1.54) is 0 Å². The van der Waals surface area contributed by atoms with Crippen LogP contribution in [-0.4, -0.2) is 130 Å². The van der Waals surface area contributed by atoms with E-state index < -0.39 is 89.9 Å². The quantitative estimate of drug-likeness (QED) is 0.247. The van der Waals surface area contributed by atoms with Gasteiger partial charge < -0.3 is 63.6 Å². The van der Waals surface area contributed by atoms with Crippen LogP contribution in [0, 0.1) is 23.7 Å². The summed E-state index contributed by atoms with van der Waals surface area (Å²) in [7, 11) is 1.55. The van der Waals surface area contributed by atoms with E-state index in [1.807, 2.05) is 62.3 Å². The Morgan fingerprint density at radius 2 is 1.55 bits per heavy atom.